The molecule has 0 atom stereocenters. The summed E-state index contributed by atoms with van der Waals surface area (Å²) in [6.07, 6.45) is 0. The van der Waals surface area contributed by atoms with Crippen LogP contribution >= 0.6 is 0 Å². The topological polar surface area (TPSA) is 17.1 Å². The van der Waals surface area contributed by atoms with Crippen molar-refractivity contribution in [2.75, 3.05) is 0 Å². The zero-order valence-electron chi connectivity index (χ0n) is 13.3. The average molecular weight is 270 g/mol. The molecule has 0 bridgehead atoms. The summed E-state index contributed by atoms with van der Waals surface area (Å²) in [6.45, 7) is 9.64. The van der Waals surface area contributed by atoms with E-state index in [1.165, 1.54) is 0 Å². The molecular formula is C19H26O. The molecule has 0 heterocycles. The molecule has 0 saturated carbocycles. The van der Waals surface area contributed by atoms with Gasteiger partial charge in [-0.15, -0.1) is 0 Å². The Morgan fingerprint density at radius 1 is 0.700 bits per heavy atom. The molecular weight excluding hydrogens is 244 g/mol. The maximum Gasteiger partial charge on any atom is 0.141 e. The molecule has 0 N–H and O–H groups in total. The Morgan fingerprint density at radius 2 is 1.00 bits per heavy atom. The van der Waals surface area contributed by atoms with Gasteiger partial charge in [-0.1, -0.05) is 88.4 Å². The second kappa shape index (κ2) is 11.0. The van der Waals surface area contributed by atoms with E-state index in [0.29, 0.717) is 0 Å². The fraction of sp³-hybridized carbons (Fsp3) is 0.316. The molecule has 2 rings (SSSR count). The van der Waals surface area contributed by atoms with Crippen LogP contribution in [0.4, 0.5) is 0 Å². The molecule has 0 aliphatic heterocycles. The second-order valence-corrected chi connectivity index (χ2v) is 3.87. The van der Waals surface area contributed by atoms with E-state index < -0.39 is 0 Å². The molecule has 0 radical (unpaired) electrons. The van der Waals surface area contributed by atoms with E-state index in [2.05, 4.69) is 0 Å². The van der Waals surface area contributed by atoms with E-state index >= 15 is 0 Å². The predicted molar refractivity (Wildman–Crippen MR) is 88.1 cm³/mol. The van der Waals surface area contributed by atoms with Crippen molar-refractivity contribution in [3.63, 3.8) is 0 Å². The summed E-state index contributed by atoms with van der Waals surface area (Å²) in [5.74, 6) is 0.0415. The van der Waals surface area contributed by atoms with Crippen LogP contribution in [0.3, 0.4) is 0 Å². The van der Waals surface area contributed by atoms with Crippen molar-refractivity contribution in [1.29, 1.82) is 0 Å². The van der Waals surface area contributed by atoms with Crippen LogP contribution in [0.5, 0.6) is 0 Å². The summed E-state index contributed by atoms with van der Waals surface area (Å²) in [7, 11) is 0. The lowest BCUT2D eigenvalue weighted by Gasteiger charge is -2.14. The maximum absolute atomic E-state index is 11.7. The lowest BCUT2D eigenvalue weighted by atomic mass is 9.88. The van der Waals surface area contributed by atoms with Gasteiger partial charge in [0.1, 0.15) is 5.78 Å². The van der Waals surface area contributed by atoms with Crippen LogP contribution in [-0.2, 0) is 4.79 Å². The Balaban J connectivity index is 0.000000829. The molecule has 2 aromatic carbocycles. The smallest absolute Gasteiger partial charge is 0.141 e. The molecule has 1 heteroatoms. The van der Waals surface area contributed by atoms with Crippen molar-refractivity contribution in [1.82, 2.24) is 0 Å². The normalized spacial score (nSPS) is 8.90. The van der Waals surface area contributed by atoms with E-state index in [1.807, 2.05) is 88.4 Å². The number of rotatable bonds is 3. The lowest BCUT2D eigenvalue weighted by Crippen LogP contribution is -2.10. The van der Waals surface area contributed by atoms with Crippen molar-refractivity contribution in [2.45, 2.75) is 40.5 Å². The van der Waals surface area contributed by atoms with E-state index in [9.17, 15) is 4.79 Å². The minimum Gasteiger partial charge on any atom is -0.299 e. The van der Waals surface area contributed by atoms with Gasteiger partial charge in [0, 0.05) is 0 Å². The van der Waals surface area contributed by atoms with Gasteiger partial charge in [-0.2, -0.15) is 0 Å². The zero-order valence-corrected chi connectivity index (χ0v) is 13.3. The summed E-state index contributed by atoms with van der Waals surface area (Å²) in [6, 6.07) is 19.8. The third kappa shape index (κ3) is 5.40. The number of benzene rings is 2. The highest BCUT2D eigenvalue weighted by Gasteiger charge is 2.17. The first-order valence-electron chi connectivity index (χ1n) is 7.39. The second-order valence-electron chi connectivity index (χ2n) is 3.87. The number of Topliss-reactive ketones (excluding diaryl/α,β-unsaturated/α-hetero) is 1. The first-order chi connectivity index (χ1) is 9.79. The van der Waals surface area contributed by atoms with Gasteiger partial charge < -0.3 is 0 Å². The first kappa shape index (κ1) is 18.1. The van der Waals surface area contributed by atoms with Crippen molar-refractivity contribution in [2.24, 2.45) is 0 Å². The Kier molecular flexibility index (Phi) is 9.94. The van der Waals surface area contributed by atoms with E-state index in [-0.39, 0.29) is 11.7 Å². The van der Waals surface area contributed by atoms with Gasteiger partial charge in [-0.25, -0.2) is 0 Å². The minimum atomic E-state index is -0.137. The summed E-state index contributed by atoms with van der Waals surface area (Å²) >= 11 is 0. The first-order valence-corrected chi connectivity index (χ1v) is 7.39. The molecule has 0 aliphatic carbocycles. The lowest BCUT2D eigenvalue weighted by molar-refractivity contribution is -0.117. The van der Waals surface area contributed by atoms with Crippen LogP contribution in [0.25, 0.3) is 0 Å². The number of hydrogen-bond donors (Lipinski definition) is 0. The monoisotopic (exact) mass is 270 g/mol. The van der Waals surface area contributed by atoms with Crippen LogP contribution in [0.2, 0.25) is 0 Å². The average Bonchev–Trinajstić information content (AvgIpc) is 2.53. The summed E-state index contributed by atoms with van der Waals surface area (Å²) < 4.78 is 0. The van der Waals surface area contributed by atoms with Crippen LogP contribution in [-0.4, -0.2) is 5.78 Å². The van der Waals surface area contributed by atoms with E-state index in [1.54, 1.807) is 6.92 Å². The van der Waals surface area contributed by atoms with E-state index in [0.717, 1.165) is 11.1 Å². The van der Waals surface area contributed by atoms with Crippen molar-refractivity contribution >= 4 is 5.78 Å². The fourth-order valence-corrected chi connectivity index (χ4v) is 1.95. The molecule has 0 fully saturated rings. The van der Waals surface area contributed by atoms with Gasteiger partial charge in [0.05, 0.1) is 5.92 Å². The van der Waals surface area contributed by atoms with Crippen molar-refractivity contribution in [3.8, 4) is 0 Å². The quantitative estimate of drug-likeness (QED) is 0.723. The molecule has 0 aromatic heterocycles. The number of hydrogen-bond acceptors (Lipinski definition) is 1. The Morgan fingerprint density at radius 3 is 1.25 bits per heavy atom. The molecule has 1 nitrogen and oxygen atoms in total. The molecule has 20 heavy (non-hydrogen) atoms. The van der Waals surface area contributed by atoms with Crippen LogP contribution in [0.1, 0.15) is 51.7 Å². The highest BCUT2D eigenvalue weighted by Crippen LogP contribution is 2.24. The minimum absolute atomic E-state index is 0.137. The van der Waals surface area contributed by atoms with E-state index in [4.69, 9.17) is 0 Å². The van der Waals surface area contributed by atoms with Crippen molar-refractivity contribution in [3.05, 3.63) is 71.8 Å². The molecule has 0 spiro atoms. The van der Waals surface area contributed by atoms with Gasteiger partial charge in [-0.05, 0) is 18.1 Å². The molecule has 0 aliphatic rings. The summed E-state index contributed by atoms with van der Waals surface area (Å²) in [5.41, 5.74) is 2.11. The van der Waals surface area contributed by atoms with Crippen LogP contribution < -0.4 is 0 Å². The van der Waals surface area contributed by atoms with Gasteiger partial charge in [0.15, 0.2) is 0 Å². The fourth-order valence-electron chi connectivity index (χ4n) is 1.95. The standard InChI is InChI=1S/C15H14O.2C2H6/c1-12(16)15(13-8-4-2-5-9-13)14-10-6-3-7-11-14;2*1-2/h2-11,15H,1H3;2*1-2H3. The van der Waals surface area contributed by atoms with Gasteiger partial charge >= 0.3 is 0 Å². The Bertz CT molecular complexity index is 420. The predicted octanol–water partition coefficient (Wildman–Crippen LogP) is 5.46. The molecule has 108 valence electrons. The third-order valence-corrected chi connectivity index (χ3v) is 2.67. The van der Waals surface area contributed by atoms with Gasteiger partial charge in [0.25, 0.3) is 0 Å². The highest BCUT2D eigenvalue weighted by molar-refractivity contribution is 5.86. The van der Waals surface area contributed by atoms with Crippen LogP contribution in [0.15, 0.2) is 60.7 Å². The Hall–Kier alpha value is -1.89. The maximum atomic E-state index is 11.7. The number of ketones is 1. The summed E-state index contributed by atoms with van der Waals surface area (Å²) in [4.78, 5) is 11.7. The Labute approximate surface area is 123 Å². The summed E-state index contributed by atoms with van der Waals surface area (Å²) in [5, 5.41) is 0. The highest BCUT2D eigenvalue weighted by atomic mass is 16.1. The molecule has 0 saturated heterocycles. The molecule has 2 aromatic rings. The van der Waals surface area contributed by atoms with Crippen LogP contribution in [0, 0.1) is 0 Å². The largest absolute Gasteiger partial charge is 0.299 e. The SMILES string of the molecule is CC.CC.CC(=O)C(c1ccccc1)c1ccccc1. The zero-order chi connectivity index (χ0) is 15.4. The number of carbonyl (C=O) groups excluding carboxylic acids is 1. The molecule has 0 amide bonds. The third-order valence-electron chi connectivity index (χ3n) is 2.67. The molecule has 0 unspecified atom stereocenters. The number of carbonyl (C=O) groups is 1. The van der Waals surface area contributed by atoms with Crippen molar-refractivity contribution < 1.29 is 4.79 Å². The van der Waals surface area contributed by atoms with Gasteiger partial charge in [0.2, 0.25) is 0 Å². The van der Waals surface area contributed by atoms with Gasteiger partial charge in [-0.3, -0.25) is 4.79 Å².